The van der Waals surface area contributed by atoms with Crippen LogP contribution in [0.4, 0.5) is 4.79 Å². The highest BCUT2D eigenvalue weighted by Gasteiger charge is 2.19. The summed E-state index contributed by atoms with van der Waals surface area (Å²) in [5.74, 6) is -0.274. The van der Waals surface area contributed by atoms with E-state index in [9.17, 15) is 9.59 Å². The first-order chi connectivity index (χ1) is 9.77. The zero-order valence-corrected chi connectivity index (χ0v) is 14.4. The second-order valence-electron chi connectivity index (χ2n) is 5.20. The molecule has 1 aromatic rings. The molecule has 116 valence electrons. The molecule has 0 aliphatic rings. The molecule has 0 radical (unpaired) electrons. The van der Waals surface area contributed by atoms with Gasteiger partial charge in [-0.1, -0.05) is 6.07 Å². The minimum atomic E-state index is -0.441. The van der Waals surface area contributed by atoms with Crippen LogP contribution in [0.15, 0.2) is 11.0 Å². The Hall–Kier alpha value is -1.49. The van der Waals surface area contributed by atoms with Crippen molar-refractivity contribution >= 4 is 23.7 Å². The van der Waals surface area contributed by atoms with E-state index >= 15 is 0 Å². The third kappa shape index (κ3) is 4.49. The van der Waals surface area contributed by atoms with Crippen molar-refractivity contribution in [1.82, 2.24) is 10.6 Å². The Morgan fingerprint density at radius 1 is 1.14 bits per heavy atom. The molecule has 1 unspecified atom stereocenters. The molecule has 4 nitrogen and oxygen atoms in total. The molecule has 0 aliphatic heterocycles. The third-order valence-electron chi connectivity index (χ3n) is 3.54. The Balaban J connectivity index is 2.86. The van der Waals surface area contributed by atoms with Crippen molar-refractivity contribution in [1.29, 1.82) is 0 Å². The Bertz CT molecular complexity index is 529. The van der Waals surface area contributed by atoms with Crippen molar-refractivity contribution in [2.45, 2.75) is 51.7 Å². The number of amides is 3. The Morgan fingerprint density at radius 2 is 1.67 bits per heavy atom. The van der Waals surface area contributed by atoms with Gasteiger partial charge in [0.2, 0.25) is 5.91 Å². The normalized spacial score (nSPS) is 11.9. The third-order valence-corrected chi connectivity index (χ3v) is 4.95. The molecular formula is C16H24N2O2S. The maximum absolute atomic E-state index is 12.0. The number of aryl methyl sites for hydroxylation is 2. The van der Waals surface area contributed by atoms with Crippen LogP contribution in [0.1, 0.15) is 36.1 Å². The molecule has 0 bridgehead atoms. The molecule has 0 spiro atoms. The van der Waals surface area contributed by atoms with Gasteiger partial charge in [-0.25, -0.2) is 4.79 Å². The first kappa shape index (κ1) is 17.6. The number of thioether (sulfide) groups is 1. The van der Waals surface area contributed by atoms with Crippen LogP contribution in [0.25, 0.3) is 0 Å². The van der Waals surface area contributed by atoms with Crippen molar-refractivity contribution in [3.63, 3.8) is 0 Å². The molecule has 2 N–H and O–H groups in total. The van der Waals surface area contributed by atoms with Gasteiger partial charge < -0.3 is 5.32 Å². The molecule has 0 fully saturated rings. The Morgan fingerprint density at radius 3 is 2.14 bits per heavy atom. The zero-order valence-electron chi connectivity index (χ0n) is 13.6. The highest BCUT2D eigenvalue weighted by molar-refractivity contribution is 8.00. The van der Waals surface area contributed by atoms with Crippen molar-refractivity contribution in [3.05, 3.63) is 28.3 Å². The number of urea groups is 1. The molecule has 0 heterocycles. The predicted octanol–water partition coefficient (Wildman–Crippen LogP) is 3.25. The van der Waals surface area contributed by atoms with Crippen molar-refractivity contribution in [2.24, 2.45) is 0 Å². The number of carbonyl (C=O) groups is 2. The van der Waals surface area contributed by atoms with E-state index in [1.165, 1.54) is 34.0 Å². The van der Waals surface area contributed by atoms with Gasteiger partial charge in [0.25, 0.3) is 0 Å². The van der Waals surface area contributed by atoms with Crippen LogP contribution in [0.3, 0.4) is 0 Å². The lowest BCUT2D eigenvalue weighted by atomic mass is 10.0. The summed E-state index contributed by atoms with van der Waals surface area (Å²) in [5.41, 5.74) is 4.83. The fraction of sp³-hybridized carbons (Fsp3) is 0.500. The summed E-state index contributed by atoms with van der Waals surface area (Å²) >= 11 is 1.50. The van der Waals surface area contributed by atoms with E-state index in [4.69, 9.17) is 0 Å². The highest BCUT2D eigenvalue weighted by Crippen LogP contribution is 2.33. The molecule has 0 aromatic heterocycles. The fourth-order valence-electron chi connectivity index (χ4n) is 2.01. The van der Waals surface area contributed by atoms with Gasteiger partial charge >= 0.3 is 6.03 Å². The van der Waals surface area contributed by atoms with E-state index in [1.807, 2.05) is 13.8 Å². The van der Waals surface area contributed by atoms with Gasteiger partial charge in [-0.15, -0.1) is 11.8 Å². The molecule has 1 atom stereocenters. The molecule has 1 aromatic carbocycles. The molecule has 21 heavy (non-hydrogen) atoms. The average molecular weight is 308 g/mol. The van der Waals surface area contributed by atoms with E-state index in [0.29, 0.717) is 6.54 Å². The monoisotopic (exact) mass is 308 g/mol. The lowest BCUT2D eigenvalue weighted by Gasteiger charge is -2.18. The number of nitrogens with one attached hydrogen (secondary N) is 2. The van der Waals surface area contributed by atoms with Crippen LogP contribution in [-0.4, -0.2) is 23.7 Å². The second kappa shape index (κ2) is 7.50. The van der Waals surface area contributed by atoms with Gasteiger partial charge in [-0.05, 0) is 63.8 Å². The standard InChI is InChI=1S/C16H24N2O2S/c1-7-17-16(20)18-15(19)13(6)21-14-11(4)9(2)8-10(3)12(14)5/h8,13H,7H2,1-6H3,(H2,17,18,19,20). The summed E-state index contributed by atoms with van der Waals surface area (Å²) in [5, 5.41) is 4.59. The predicted molar refractivity (Wildman–Crippen MR) is 87.9 cm³/mol. The maximum Gasteiger partial charge on any atom is 0.321 e. The number of carbonyl (C=O) groups excluding carboxylic acids is 2. The maximum atomic E-state index is 12.0. The van der Waals surface area contributed by atoms with E-state index in [-0.39, 0.29) is 11.2 Å². The lowest BCUT2D eigenvalue weighted by Crippen LogP contribution is -2.42. The van der Waals surface area contributed by atoms with E-state index in [2.05, 4.69) is 44.4 Å². The summed E-state index contributed by atoms with van der Waals surface area (Å²) in [6.07, 6.45) is 0. The van der Waals surface area contributed by atoms with Gasteiger partial charge in [0.1, 0.15) is 0 Å². The lowest BCUT2D eigenvalue weighted by molar-refractivity contribution is -0.119. The average Bonchev–Trinajstić information content (AvgIpc) is 2.41. The van der Waals surface area contributed by atoms with Crippen molar-refractivity contribution < 1.29 is 9.59 Å². The first-order valence-electron chi connectivity index (χ1n) is 7.10. The van der Waals surface area contributed by atoms with E-state index in [0.717, 1.165) is 4.90 Å². The van der Waals surface area contributed by atoms with Crippen LogP contribution in [0, 0.1) is 27.7 Å². The van der Waals surface area contributed by atoms with Gasteiger partial charge in [0.05, 0.1) is 5.25 Å². The molecular weight excluding hydrogens is 284 g/mol. The molecule has 0 aliphatic carbocycles. The SMILES string of the molecule is CCNC(=O)NC(=O)C(C)Sc1c(C)c(C)cc(C)c1C. The largest absolute Gasteiger partial charge is 0.338 e. The summed E-state index contributed by atoms with van der Waals surface area (Å²) in [6, 6.07) is 1.72. The smallest absolute Gasteiger partial charge is 0.321 e. The Labute approximate surface area is 131 Å². The number of hydrogen-bond acceptors (Lipinski definition) is 3. The summed E-state index contributed by atoms with van der Waals surface area (Å²) in [4.78, 5) is 24.6. The topological polar surface area (TPSA) is 58.2 Å². The molecule has 3 amide bonds. The van der Waals surface area contributed by atoms with Gasteiger partial charge in [-0.3, -0.25) is 10.1 Å². The summed E-state index contributed by atoms with van der Waals surface area (Å²) < 4.78 is 0. The molecule has 5 heteroatoms. The minimum absolute atomic E-state index is 0.274. The van der Waals surface area contributed by atoms with Crippen LogP contribution in [-0.2, 0) is 4.79 Å². The molecule has 1 rings (SSSR count). The fourth-order valence-corrected chi connectivity index (χ4v) is 3.20. The van der Waals surface area contributed by atoms with Crippen LogP contribution < -0.4 is 10.6 Å². The summed E-state index contributed by atoms with van der Waals surface area (Å²) in [6.45, 7) is 12.4. The number of benzene rings is 1. The number of hydrogen-bond donors (Lipinski definition) is 2. The van der Waals surface area contributed by atoms with Gasteiger partial charge in [0, 0.05) is 11.4 Å². The number of rotatable bonds is 4. The quantitative estimate of drug-likeness (QED) is 0.840. The molecule has 0 saturated heterocycles. The van der Waals surface area contributed by atoms with Gasteiger partial charge in [0.15, 0.2) is 0 Å². The zero-order chi connectivity index (χ0) is 16.2. The van der Waals surface area contributed by atoms with Crippen molar-refractivity contribution in [3.8, 4) is 0 Å². The van der Waals surface area contributed by atoms with E-state index in [1.54, 1.807) is 0 Å². The number of imide groups is 1. The Kier molecular flexibility index (Phi) is 6.27. The van der Waals surface area contributed by atoms with Crippen LogP contribution in [0.2, 0.25) is 0 Å². The van der Waals surface area contributed by atoms with Gasteiger partial charge in [-0.2, -0.15) is 0 Å². The highest BCUT2D eigenvalue weighted by atomic mass is 32.2. The van der Waals surface area contributed by atoms with E-state index < -0.39 is 6.03 Å². The van der Waals surface area contributed by atoms with Crippen LogP contribution >= 0.6 is 11.8 Å². The summed E-state index contributed by atoms with van der Waals surface area (Å²) in [7, 11) is 0. The van der Waals surface area contributed by atoms with Crippen LogP contribution in [0.5, 0.6) is 0 Å². The molecule has 0 saturated carbocycles. The second-order valence-corrected chi connectivity index (χ2v) is 6.55. The minimum Gasteiger partial charge on any atom is -0.338 e. The first-order valence-corrected chi connectivity index (χ1v) is 7.98. The van der Waals surface area contributed by atoms with Crippen molar-refractivity contribution in [2.75, 3.05) is 6.54 Å².